The van der Waals surface area contributed by atoms with Gasteiger partial charge in [-0.05, 0) is 81.4 Å². The molecule has 0 N–H and O–H groups in total. The number of aromatic nitrogens is 1. The minimum atomic E-state index is -3.74. The first-order valence-electron chi connectivity index (χ1n) is 12.3. The van der Waals surface area contributed by atoms with Crippen LogP contribution in [0.3, 0.4) is 0 Å². The number of benzene rings is 3. The van der Waals surface area contributed by atoms with Crippen molar-refractivity contribution in [1.82, 2.24) is 9.88 Å². The maximum atomic E-state index is 13.7. The highest BCUT2D eigenvalue weighted by atomic mass is 32.2. The number of carbonyl (C=O) groups is 1. The molecule has 2 heterocycles. The molecule has 0 fully saturated rings. The average Bonchev–Trinajstić information content (AvgIpc) is 3.33. The molecule has 0 radical (unpaired) electrons. The molecular formula is C28H30N4O3S2. The first-order chi connectivity index (χ1) is 17.8. The highest BCUT2D eigenvalue weighted by Gasteiger charge is 2.29. The van der Waals surface area contributed by atoms with Gasteiger partial charge in [0, 0.05) is 25.2 Å². The van der Waals surface area contributed by atoms with Gasteiger partial charge in [0.2, 0.25) is 0 Å². The third-order valence-corrected chi connectivity index (χ3v) is 9.48. The molecule has 1 amide bonds. The lowest BCUT2D eigenvalue weighted by molar-refractivity contribution is 0.0985. The SMILES string of the molecule is Cc1cccc2sc(N(CCN(C)C)C(=O)c3ccc(S(=O)(=O)N4CCCc5ccccc54)cc3)nc12. The van der Waals surface area contributed by atoms with Gasteiger partial charge < -0.3 is 4.90 Å². The van der Waals surface area contributed by atoms with Crippen LogP contribution < -0.4 is 9.21 Å². The number of hydrogen-bond donors (Lipinski definition) is 0. The van der Waals surface area contributed by atoms with Crippen molar-refractivity contribution in [3.63, 3.8) is 0 Å². The van der Waals surface area contributed by atoms with Crippen LogP contribution >= 0.6 is 11.3 Å². The van der Waals surface area contributed by atoms with Crippen molar-refractivity contribution in [2.75, 3.05) is 42.9 Å². The van der Waals surface area contributed by atoms with E-state index in [1.807, 2.05) is 68.4 Å². The zero-order valence-corrected chi connectivity index (χ0v) is 22.8. The van der Waals surface area contributed by atoms with E-state index in [-0.39, 0.29) is 10.8 Å². The topological polar surface area (TPSA) is 73.8 Å². The van der Waals surface area contributed by atoms with E-state index in [2.05, 4.69) is 0 Å². The molecule has 0 atom stereocenters. The normalized spacial score (nSPS) is 13.7. The lowest BCUT2D eigenvalue weighted by Crippen LogP contribution is -2.37. The van der Waals surface area contributed by atoms with Crippen LogP contribution in [0.5, 0.6) is 0 Å². The number of sulfonamides is 1. The molecular weight excluding hydrogens is 504 g/mol. The van der Waals surface area contributed by atoms with Gasteiger partial charge in [-0.2, -0.15) is 0 Å². The number of para-hydroxylation sites is 2. The van der Waals surface area contributed by atoms with Crippen molar-refractivity contribution in [3.8, 4) is 0 Å². The highest BCUT2D eigenvalue weighted by molar-refractivity contribution is 7.92. The van der Waals surface area contributed by atoms with Crippen molar-refractivity contribution >= 4 is 48.3 Å². The van der Waals surface area contributed by atoms with Gasteiger partial charge >= 0.3 is 0 Å². The second-order valence-corrected chi connectivity index (χ2v) is 12.4. The smallest absolute Gasteiger partial charge is 0.264 e. The highest BCUT2D eigenvalue weighted by Crippen LogP contribution is 2.33. The molecule has 0 saturated heterocycles. The standard InChI is InChI=1S/C28H30N4O3S2/c1-20-8-6-12-25-26(20)29-28(36-25)31(19-18-30(2)3)27(33)22-13-15-23(16-14-22)37(34,35)32-17-7-10-21-9-4-5-11-24(21)32/h4-6,8-9,11-16H,7,10,17-19H2,1-3H3. The van der Waals surface area contributed by atoms with E-state index in [0.29, 0.717) is 30.3 Å². The van der Waals surface area contributed by atoms with Gasteiger partial charge in [0.1, 0.15) is 0 Å². The maximum Gasteiger partial charge on any atom is 0.264 e. The van der Waals surface area contributed by atoms with Crippen LogP contribution in [0.1, 0.15) is 27.9 Å². The second kappa shape index (κ2) is 10.2. The van der Waals surface area contributed by atoms with E-state index >= 15 is 0 Å². The predicted molar refractivity (Wildman–Crippen MR) is 150 cm³/mol. The van der Waals surface area contributed by atoms with Crippen molar-refractivity contribution < 1.29 is 13.2 Å². The lowest BCUT2D eigenvalue weighted by Gasteiger charge is -2.30. The summed E-state index contributed by atoms with van der Waals surface area (Å²) in [6, 6.07) is 19.9. The molecule has 7 nitrogen and oxygen atoms in total. The number of carbonyl (C=O) groups excluding carboxylic acids is 1. The predicted octanol–water partition coefficient (Wildman–Crippen LogP) is 4.95. The molecule has 0 aliphatic carbocycles. The Hall–Kier alpha value is -3.27. The Balaban J connectivity index is 1.45. The fourth-order valence-electron chi connectivity index (χ4n) is 4.58. The number of rotatable bonds is 7. The fraction of sp³-hybridized carbons (Fsp3) is 0.286. The van der Waals surface area contributed by atoms with E-state index in [4.69, 9.17) is 4.98 Å². The molecule has 3 aromatic carbocycles. The van der Waals surface area contributed by atoms with Crippen LogP contribution in [-0.2, 0) is 16.4 Å². The van der Waals surface area contributed by atoms with Crippen LogP contribution in [0, 0.1) is 6.92 Å². The Morgan fingerprint density at radius 3 is 2.49 bits per heavy atom. The zero-order chi connectivity index (χ0) is 26.2. The Bertz CT molecular complexity index is 1550. The maximum absolute atomic E-state index is 13.7. The number of hydrogen-bond acceptors (Lipinski definition) is 6. The fourth-order valence-corrected chi connectivity index (χ4v) is 7.18. The number of amides is 1. The Morgan fingerprint density at radius 1 is 1.00 bits per heavy atom. The molecule has 9 heteroatoms. The summed E-state index contributed by atoms with van der Waals surface area (Å²) in [5.74, 6) is -0.203. The van der Waals surface area contributed by atoms with Gasteiger partial charge in [-0.3, -0.25) is 14.0 Å². The van der Waals surface area contributed by atoms with Crippen molar-refractivity contribution in [2.45, 2.75) is 24.7 Å². The van der Waals surface area contributed by atoms with Crippen LogP contribution in [0.15, 0.2) is 71.6 Å². The first-order valence-corrected chi connectivity index (χ1v) is 14.5. The molecule has 0 bridgehead atoms. The van der Waals surface area contributed by atoms with Crippen LogP contribution in [-0.4, -0.2) is 57.9 Å². The largest absolute Gasteiger partial charge is 0.308 e. The summed E-state index contributed by atoms with van der Waals surface area (Å²) >= 11 is 1.49. The van der Waals surface area contributed by atoms with E-state index in [1.165, 1.54) is 27.8 Å². The quantitative estimate of drug-likeness (QED) is 0.335. The molecule has 0 spiro atoms. The summed E-state index contributed by atoms with van der Waals surface area (Å²) in [7, 11) is 0.181. The average molecular weight is 535 g/mol. The first kappa shape index (κ1) is 25.4. The van der Waals surface area contributed by atoms with E-state index in [9.17, 15) is 13.2 Å². The minimum absolute atomic E-state index is 0.177. The summed E-state index contributed by atoms with van der Waals surface area (Å²) in [4.78, 5) is 22.3. The number of thiazole rings is 1. The number of likely N-dealkylation sites (N-methyl/N-ethyl adjacent to an activating group) is 1. The number of anilines is 2. The van der Waals surface area contributed by atoms with Gasteiger partial charge in [0.25, 0.3) is 15.9 Å². The molecule has 0 saturated carbocycles. The summed E-state index contributed by atoms with van der Waals surface area (Å²) in [6.07, 6.45) is 1.64. The lowest BCUT2D eigenvalue weighted by atomic mass is 10.0. The molecule has 1 aliphatic rings. The van der Waals surface area contributed by atoms with Gasteiger partial charge in [-0.25, -0.2) is 13.4 Å². The van der Waals surface area contributed by atoms with Gasteiger partial charge in [0.15, 0.2) is 5.13 Å². The second-order valence-electron chi connectivity index (χ2n) is 9.51. The summed E-state index contributed by atoms with van der Waals surface area (Å²) in [5.41, 5.74) is 4.15. The Labute approximate surface area is 222 Å². The van der Waals surface area contributed by atoms with Crippen molar-refractivity contribution in [1.29, 1.82) is 0 Å². The Morgan fingerprint density at radius 2 is 1.76 bits per heavy atom. The zero-order valence-electron chi connectivity index (χ0n) is 21.2. The van der Waals surface area contributed by atoms with E-state index in [0.717, 1.165) is 39.9 Å². The molecule has 1 aromatic heterocycles. The molecule has 5 rings (SSSR count). The van der Waals surface area contributed by atoms with Crippen molar-refractivity contribution in [2.24, 2.45) is 0 Å². The molecule has 4 aromatic rings. The molecule has 37 heavy (non-hydrogen) atoms. The third-order valence-electron chi connectivity index (χ3n) is 6.61. The molecule has 1 aliphatic heterocycles. The van der Waals surface area contributed by atoms with Crippen molar-refractivity contribution in [3.05, 3.63) is 83.4 Å². The summed E-state index contributed by atoms with van der Waals surface area (Å²) < 4.78 is 29.5. The number of fused-ring (bicyclic) bond motifs is 2. The monoisotopic (exact) mass is 534 g/mol. The minimum Gasteiger partial charge on any atom is -0.308 e. The van der Waals surface area contributed by atoms with Crippen LogP contribution in [0.4, 0.5) is 10.8 Å². The molecule has 192 valence electrons. The van der Waals surface area contributed by atoms with Crippen LogP contribution in [0.25, 0.3) is 10.2 Å². The van der Waals surface area contributed by atoms with Crippen LogP contribution in [0.2, 0.25) is 0 Å². The summed E-state index contributed by atoms with van der Waals surface area (Å²) in [6.45, 7) is 3.59. The Kier molecular flexibility index (Phi) is 7.02. The summed E-state index contributed by atoms with van der Waals surface area (Å²) in [5, 5.41) is 0.637. The number of aryl methyl sites for hydroxylation is 2. The van der Waals surface area contributed by atoms with Gasteiger partial charge in [-0.1, -0.05) is 41.7 Å². The van der Waals surface area contributed by atoms with Gasteiger partial charge in [-0.15, -0.1) is 0 Å². The number of nitrogens with zero attached hydrogens (tertiary/aromatic N) is 4. The van der Waals surface area contributed by atoms with E-state index in [1.54, 1.807) is 17.0 Å². The van der Waals surface area contributed by atoms with E-state index < -0.39 is 10.0 Å². The third kappa shape index (κ3) is 4.99. The van der Waals surface area contributed by atoms with Gasteiger partial charge in [0.05, 0.1) is 20.8 Å². The molecule has 0 unspecified atom stereocenters.